The number of halogens is 1. The Balaban J connectivity index is 1.58. The number of hydrogen-bond donors (Lipinski definition) is 1. The first kappa shape index (κ1) is 22.1. The molecule has 3 aromatic carbocycles. The Kier molecular flexibility index (Phi) is 6.93. The molecule has 0 fully saturated rings. The molecule has 7 heteroatoms. The number of anilines is 1. The van der Waals surface area contributed by atoms with Crippen molar-refractivity contribution in [3.05, 3.63) is 100 Å². The number of thioether (sulfide) groups is 1. The number of benzene rings is 3. The van der Waals surface area contributed by atoms with Crippen LogP contribution in [0, 0.1) is 13.8 Å². The topological polar surface area (TPSA) is 59.8 Å². The van der Waals surface area contributed by atoms with E-state index in [1.165, 1.54) is 22.9 Å². The molecule has 4 aromatic rings. The van der Waals surface area contributed by atoms with Crippen LogP contribution in [0.3, 0.4) is 0 Å². The van der Waals surface area contributed by atoms with Gasteiger partial charge in [0.05, 0.1) is 5.75 Å². The summed E-state index contributed by atoms with van der Waals surface area (Å²) in [5, 5.41) is 13.0. The maximum Gasteiger partial charge on any atom is 0.234 e. The second-order valence-corrected chi connectivity index (χ2v) is 8.89. The number of aryl methyl sites for hydroxylation is 2. The van der Waals surface area contributed by atoms with Gasteiger partial charge in [0, 0.05) is 22.8 Å². The fourth-order valence-electron chi connectivity index (χ4n) is 3.30. The normalized spacial score (nSPS) is 10.8. The minimum Gasteiger partial charge on any atom is -0.325 e. The highest BCUT2D eigenvalue weighted by Crippen LogP contribution is 2.25. The smallest absolute Gasteiger partial charge is 0.234 e. The minimum absolute atomic E-state index is 0.128. The molecule has 1 aromatic heterocycles. The quantitative estimate of drug-likeness (QED) is 0.349. The van der Waals surface area contributed by atoms with Crippen molar-refractivity contribution in [2.75, 3.05) is 11.1 Å². The van der Waals surface area contributed by atoms with E-state index in [9.17, 15) is 4.79 Å². The van der Waals surface area contributed by atoms with Crippen LogP contribution in [0.2, 0.25) is 5.02 Å². The Morgan fingerprint density at radius 3 is 2.53 bits per heavy atom. The van der Waals surface area contributed by atoms with Crippen molar-refractivity contribution in [2.24, 2.45) is 0 Å². The van der Waals surface area contributed by atoms with E-state index in [1.54, 1.807) is 18.2 Å². The zero-order chi connectivity index (χ0) is 22.5. The Hall–Kier alpha value is -3.09. The van der Waals surface area contributed by atoms with Crippen LogP contribution in [0.1, 0.15) is 22.5 Å². The fourth-order valence-corrected chi connectivity index (χ4v) is 4.27. The Labute approximate surface area is 196 Å². The lowest BCUT2D eigenvalue weighted by atomic mass is 10.1. The second kappa shape index (κ2) is 10.0. The molecule has 0 saturated carbocycles. The summed E-state index contributed by atoms with van der Waals surface area (Å²) in [5.74, 6) is 0.912. The molecule has 1 N–H and O–H groups in total. The molecule has 4 rings (SSSR count). The molecule has 5 nitrogen and oxygen atoms in total. The van der Waals surface area contributed by atoms with Gasteiger partial charge in [-0.1, -0.05) is 65.8 Å². The van der Waals surface area contributed by atoms with Gasteiger partial charge in [0.15, 0.2) is 5.16 Å². The summed E-state index contributed by atoms with van der Waals surface area (Å²) in [6.45, 7) is 4.18. The Bertz CT molecular complexity index is 1240. The van der Waals surface area contributed by atoms with Gasteiger partial charge in [0.2, 0.25) is 5.91 Å². The van der Waals surface area contributed by atoms with E-state index in [4.69, 9.17) is 11.6 Å². The SMILES string of the molecule is Cc1ccc(-n2c(Cc3ccccc3)nnc2SCC(=O)Nc2cccc(Cl)c2)cc1C. The van der Waals surface area contributed by atoms with Gasteiger partial charge in [0.1, 0.15) is 5.82 Å². The molecule has 1 heterocycles. The first-order chi connectivity index (χ1) is 15.5. The van der Waals surface area contributed by atoms with E-state index in [2.05, 4.69) is 59.7 Å². The van der Waals surface area contributed by atoms with Crippen LogP contribution >= 0.6 is 23.4 Å². The molecule has 0 unspecified atom stereocenters. The molecule has 1 amide bonds. The predicted octanol–water partition coefficient (Wildman–Crippen LogP) is 5.86. The number of carbonyl (C=O) groups is 1. The maximum atomic E-state index is 12.5. The lowest BCUT2D eigenvalue weighted by Gasteiger charge is -2.12. The first-order valence-corrected chi connectivity index (χ1v) is 11.6. The van der Waals surface area contributed by atoms with Crippen molar-refractivity contribution < 1.29 is 4.79 Å². The van der Waals surface area contributed by atoms with Gasteiger partial charge in [-0.05, 0) is 60.9 Å². The number of aromatic nitrogens is 3. The number of nitrogens with zero attached hydrogens (tertiary/aromatic N) is 3. The molecule has 0 radical (unpaired) electrons. The standard InChI is InChI=1S/C25H23ClN4OS/c1-17-11-12-22(13-18(17)2)30-23(14-19-7-4-3-5-8-19)28-29-25(30)32-16-24(31)27-21-10-6-9-20(26)15-21/h3-13,15H,14,16H2,1-2H3,(H,27,31). The summed E-state index contributed by atoms with van der Waals surface area (Å²) in [6.07, 6.45) is 0.649. The highest BCUT2D eigenvalue weighted by atomic mass is 35.5. The number of nitrogens with one attached hydrogen (secondary N) is 1. The molecular weight excluding hydrogens is 440 g/mol. The van der Waals surface area contributed by atoms with Crippen LogP contribution in [-0.2, 0) is 11.2 Å². The maximum absolute atomic E-state index is 12.5. The minimum atomic E-state index is -0.128. The third kappa shape index (κ3) is 5.39. The molecule has 162 valence electrons. The Morgan fingerprint density at radius 1 is 0.969 bits per heavy atom. The summed E-state index contributed by atoms with van der Waals surface area (Å²) < 4.78 is 2.04. The molecule has 0 bridgehead atoms. The van der Waals surface area contributed by atoms with Crippen LogP contribution in [0.5, 0.6) is 0 Å². The summed E-state index contributed by atoms with van der Waals surface area (Å²) in [7, 11) is 0. The molecule has 0 aliphatic rings. The fraction of sp³-hybridized carbons (Fsp3) is 0.160. The van der Waals surface area contributed by atoms with Gasteiger partial charge in [0.25, 0.3) is 0 Å². The third-order valence-electron chi connectivity index (χ3n) is 5.09. The van der Waals surface area contributed by atoms with Crippen molar-refractivity contribution in [3.8, 4) is 5.69 Å². The van der Waals surface area contributed by atoms with E-state index in [-0.39, 0.29) is 11.7 Å². The van der Waals surface area contributed by atoms with Crippen LogP contribution in [-0.4, -0.2) is 26.4 Å². The third-order valence-corrected chi connectivity index (χ3v) is 6.26. The molecule has 0 atom stereocenters. The average Bonchev–Trinajstić information content (AvgIpc) is 3.17. The van der Waals surface area contributed by atoms with Gasteiger partial charge in [-0.25, -0.2) is 0 Å². The number of carbonyl (C=O) groups excluding carboxylic acids is 1. The number of amides is 1. The monoisotopic (exact) mass is 462 g/mol. The number of rotatable bonds is 7. The van der Waals surface area contributed by atoms with Gasteiger partial charge < -0.3 is 5.32 Å². The van der Waals surface area contributed by atoms with Gasteiger partial charge >= 0.3 is 0 Å². The van der Waals surface area contributed by atoms with E-state index in [0.29, 0.717) is 22.3 Å². The molecule has 0 spiro atoms. The van der Waals surface area contributed by atoms with E-state index >= 15 is 0 Å². The van der Waals surface area contributed by atoms with Crippen LogP contribution in [0.15, 0.2) is 78.0 Å². The molecule has 0 saturated heterocycles. The van der Waals surface area contributed by atoms with Crippen molar-refractivity contribution in [3.63, 3.8) is 0 Å². The molecule has 0 aliphatic heterocycles. The van der Waals surface area contributed by atoms with Gasteiger partial charge in [-0.15, -0.1) is 10.2 Å². The van der Waals surface area contributed by atoms with Crippen molar-refractivity contribution >= 4 is 35.0 Å². The lowest BCUT2D eigenvalue weighted by molar-refractivity contribution is -0.113. The molecule has 32 heavy (non-hydrogen) atoms. The first-order valence-electron chi connectivity index (χ1n) is 10.2. The zero-order valence-electron chi connectivity index (χ0n) is 17.9. The van der Waals surface area contributed by atoms with Gasteiger partial charge in [-0.3, -0.25) is 9.36 Å². The van der Waals surface area contributed by atoms with Gasteiger partial charge in [-0.2, -0.15) is 0 Å². The summed E-state index contributed by atoms with van der Waals surface area (Å²) in [4.78, 5) is 12.5. The van der Waals surface area contributed by atoms with E-state index in [1.807, 2.05) is 28.8 Å². The largest absolute Gasteiger partial charge is 0.325 e. The van der Waals surface area contributed by atoms with Crippen molar-refractivity contribution in [1.82, 2.24) is 14.8 Å². The Morgan fingerprint density at radius 2 is 1.78 bits per heavy atom. The highest BCUT2D eigenvalue weighted by molar-refractivity contribution is 7.99. The average molecular weight is 463 g/mol. The van der Waals surface area contributed by atoms with Crippen LogP contribution in [0.25, 0.3) is 5.69 Å². The molecular formula is C25H23ClN4OS. The summed E-state index contributed by atoms with van der Waals surface area (Å²) in [6, 6.07) is 23.6. The number of hydrogen-bond acceptors (Lipinski definition) is 4. The summed E-state index contributed by atoms with van der Waals surface area (Å²) in [5.41, 5.74) is 5.23. The van der Waals surface area contributed by atoms with Crippen molar-refractivity contribution in [1.29, 1.82) is 0 Å². The van der Waals surface area contributed by atoms with Crippen molar-refractivity contribution in [2.45, 2.75) is 25.4 Å². The zero-order valence-corrected chi connectivity index (χ0v) is 19.5. The summed E-state index contributed by atoms with van der Waals surface area (Å²) >= 11 is 7.36. The van der Waals surface area contributed by atoms with E-state index in [0.717, 1.165) is 17.1 Å². The van der Waals surface area contributed by atoms with Crippen LogP contribution in [0.4, 0.5) is 5.69 Å². The van der Waals surface area contributed by atoms with Crippen LogP contribution < -0.4 is 5.32 Å². The highest BCUT2D eigenvalue weighted by Gasteiger charge is 2.17. The molecule has 0 aliphatic carbocycles. The predicted molar refractivity (Wildman–Crippen MR) is 131 cm³/mol. The lowest BCUT2D eigenvalue weighted by Crippen LogP contribution is -2.14. The second-order valence-electron chi connectivity index (χ2n) is 7.51. The van der Waals surface area contributed by atoms with E-state index < -0.39 is 0 Å².